The van der Waals surface area contributed by atoms with Crippen LogP contribution in [0.1, 0.15) is 18.9 Å². The molecule has 1 unspecified atom stereocenters. The van der Waals surface area contributed by atoms with E-state index in [0.29, 0.717) is 0 Å². The molecule has 1 N–H and O–H groups in total. The number of hydrogen-bond acceptors (Lipinski definition) is 3. The fourth-order valence-electron chi connectivity index (χ4n) is 3.35. The molecular weight excluding hydrogens is 226 g/mol. The summed E-state index contributed by atoms with van der Waals surface area (Å²) in [5.41, 5.74) is 1.54. The number of nitrogens with zero attached hydrogens (tertiary/aromatic N) is 1. The summed E-state index contributed by atoms with van der Waals surface area (Å²) in [7, 11) is 0. The van der Waals surface area contributed by atoms with Crippen molar-refractivity contribution in [2.45, 2.75) is 25.4 Å². The maximum absolute atomic E-state index is 9.59. The van der Waals surface area contributed by atoms with Gasteiger partial charge in [-0.05, 0) is 12.0 Å². The molecule has 2 saturated heterocycles. The highest BCUT2D eigenvalue weighted by molar-refractivity contribution is 5.17. The molecule has 2 aliphatic heterocycles. The van der Waals surface area contributed by atoms with E-state index in [0.717, 1.165) is 32.7 Å². The lowest BCUT2D eigenvalue weighted by Gasteiger charge is -2.45. The maximum Gasteiger partial charge on any atom is 0.0688 e. The zero-order valence-corrected chi connectivity index (χ0v) is 10.9. The number of aliphatic hydroxyl groups excluding tert-OH is 1. The van der Waals surface area contributed by atoms with E-state index in [9.17, 15) is 5.11 Å². The Morgan fingerprint density at radius 1 is 1.28 bits per heavy atom. The molecule has 1 aromatic rings. The third kappa shape index (κ3) is 1.96. The van der Waals surface area contributed by atoms with Gasteiger partial charge in [-0.2, -0.15) is 0 Å². The summed E-state index contributed by atoms with van der Waals surface area (Å²) >= 11 is 0. The van der Waals surface area contributed by atoms with Crippen molar-refractivity contribution in [3.05, 3.63) is 35.9 Å². The van der Waals surface area contributed by atoms with Crippen molar-refractivity contribution < 1.29 is 9.84 Å². The van der Waals surface area contributed by atoms with Gasteiger partial charge in [0.2, 0.25) is 0 Å². The standard InChI is InChI=1S/C15H21NO2/c1-14(10-17)8-15(11-18-12-15)16(9-14)7-13-5-3-2-4-6-13/h2-6,17H,7-12H2,1H3. The van der Waals surface area contributed by atoms with Crippen LogP contribution in [0.15, 0.2) is 30.3 Å². The second kappa shape index (κ2) is 4.34. The van der Waals surface area contributed by atoms with Crippen molar-refractivity contribution in [3.8, 4) is 0 Å². The van der Waals surface area contributed by atoms with Crippen LogP contribution in [0.25, 0.3) is 0 Å². The smallest absolute Gasteiger partial charge is 0.0688 e. The van der Waals surface area contributed by atoms with Crippen LogP contribution in [-0.2, 0) is 11.3 Å². The van der Waals surface area contributed by atoms with Crippen LogP contribution >= 0.6 is 0 Å². The molecule has 2 heterocycles. The molecule has 0 bridgehead atoms. The highest BCUT2D eigenvalue weighted by Gasteiger charge is 2.54. The van der Waals surface area contributed by atoms with Crippen LogP contribution in [0.3, 0.4) is 0 Å². The molecule has 0 saturated carbocycles. The highest BCUT2D eigenvalue weighted by atomic mass is 16.5. The van der Waals surface area contributed by atoms with Gasteiger partial charge >= 0.3 is 0 Å². The monoisotopic (exact) mass is 247 g/mol. The van der Waals surface area contributed by atoms with Crippen molar-refractivity contribution in [2.75, 3.05) is 26.4 Å². The van der Waals surface area contributed by atoms with Gasteiger partial charge in [0, 0.05) is 25.1 Å². The number of ether oxygens (including phenoxy) is 1. The molecule has 2 aliphatic rings. The molecule has 0 aliphatic carbocycles. The van der Waals surface area contributed by atoms with E-state index in [1.165, 1.54) is 5.56 Å². The van der Waals surface area contributed by atoms with Crippen LogP contribution in [0.2, 0.25) is 0 Å². The van der Waals surface area contributed by atoms with E-state index in [1.54, 1.807) is 0 Å². The molecule has 0 radical (unpaired) electrons. The third-order valence-corrected chi connectivity index (χ3v) is 4.34. The molecule has 0 aromatic heterocycles. The average Bonchev–Trinajstić information content (AvgIpc) is 2.65. The Morgan fingerprint density at radius 3 is 2.56 bits per heavy atom. The summed E-state index contributed by atoms with van der Waals surface area (Å²) in [5, 5.41) is 9.59. The fourth-order valence-corrected chi connectivity index (χ4v) is 3.35. The summed E-state index contributed by atoms with van der Waals surface area (Å²) in [5.74, 6) is 0. The number of aliphatic hydroxyl groups is 1. The lowest BCUT2D eigenvalue weighted by Crippen LogP contribution is -2.58. The third-order valence-electron chi connectivity index (χ3n) is 4.34. The molecule has 1 atom stereocenters. The fraction of sp³-hybridized carbons (Fsp3) is 0.600. The zero-order chi connectivity index (χ0) is 12.6. The minimum atomic E-state index is 0.0263. The molecule has 2 fully saturated rings. The van der Waals surface area contributed by atoms with Crippen molar-refractivity contribution in [3.63, 3.8) is 0 Å². The van der Waals surface area contributed by atoms with E-state index in [1.807, 2.05) is 6.07 Å². The number of rotatable bonds is 3. The second-order valence-electron chi connectivity index (χ2n) is 6.20. The highest BCUT2D eigenvalue weighted by Crippen LogP contribution is 2.45. The van der Waals surface area contributed by atoms with Crippen molar-refractivity contribution in [1.29, 1.82) is 0 Å². The first kappa shape index (κ1) is 12.2. The number of benzene rings is 1. The molecule has 98 valence electrons. The van der Waals surface area contributed by atoms with Crippen LogP contribution < -0.4 is 0 Å². The minimum absolute atomic E-state index is 0.0263. The van der Waals surface area contributed by atoms with Crippen LogP contribution in [0, 0.1) is 5.41 Å². The van der Waals surface area contributed by atoms with Gasteiger partial charge < -0.3 is 9.84 Å². The molecule has 3 rings (SSSR count). The van der Waals surface area contributed by atoms with Gasteiger partial charge in [0.15, 0.2) is 0 Å². The Hall–Kier alpha value is -0.900. The molecular formula is C15H21NO2. The molecule has 3 heteroatoms. The van der Waals surface area contributed by atoms with Gasteiger partial charge in [-0.25, -0.2) is 0 Å². The van der Waals surface area contributed by atoms with Crippen LogP contribution in [0.5, 0.6) is 0 Å². The van der Waals surface area contributed by atoms with E-state index in [4.69, 9.17) is 4.74 Å². The molecule has 0 amide bonds. The summed E-state index contributed by atoms with van der Waals surface area (Å²) < 4.78 is 5.44. The van der Waals surface area contributed by atoms with Gasteiger partial charge in [0.05, 0.1) is 18.8 Å². The summed E-state index contributed by atoms with van der Waals surface area (Å²) in [6.07, 6.45) is 1.04. The Labute approximate surface area is 108 Å². The van der Waals surface area contributed by atoms with Crippen molar-refractivity contribution in [2.24, 2.45) is 5.41 Å². The van der Waals surface area contributed by atoms with E-state index in [2.05, 4.69) is 36.1 Å². The largest absolute Gasteiger partial charge is 0.396 e. The van der Waals surface area contributed by atoms with Gasteiger partial charge in [0.25, 0.3) is 0 Å². The van der Waals surface area contributed by atoms with Crippen LogP contribution in [0.4, 0.5) is 0 Å². The van der Waals surface area contributed by atoms with Crippen molar-refractivity contribution in [1.82, 2.24) is 4.90 Å². The first-order valence-corrected chi connectivity index (χ1v) is 6.64. The zero-order valence-electron chi connectivity index (χ0n) is 10.9. The van der Waals surface area contributed by atoms with Gasteiger partial charge in [0.1, 0.15) is 0 Å². The predicted octanol–water partition coefficient (Wildman–Crippen LogP) is 1.66. The summed E-state index contributed by atoms with van der Waals surface area (Å²) in [6.45, 7) is 5.99. The lowest BCUT2D eigenvalue weighted by atomic mass is 9.82. The summed E-state index contributed by atoms with van der Waals surface area (Å²) in [4.78, 5) is 2.50. The van der Waals surface area contributed by atoms with E-state index < -0.39 is 0 Å². The maximum atomic E-state index is 9.59. The first-order valence-electron chi connectivity index (χ1n) is 6.64. The average molecular weight is 247 g/mol. The minimum Gasteiger partial charge on any atom is -0.396 e. The lowest BCUT2D eigenvalue weighted by molar-refractivity contribution is -0.126. The van der Waals surface area contributed by atoms with Crippen LogP contribution in [-0.4, -0.2) is 41.9 Å². The topological polar surface area (TPSA) is 32.7 Å². The van der Waals surface area contributed by atoms with E-state index in [-0.39, 0.29) is 17.6 Å². The first-order chi connectivity index (χ1) is 8.66. The van der Waals surface area contributed by atoms with Gasteiger partial charge in [-0.1, -0.05) is 37.3 Å². The number of hydrogen-bond donors (Lipinski definition) is 1. The molecule has 3 nitrogen and oxygen atoms in total. The SMILES string of the molecule is CC1(CO)CN(Cc2ccccc2)C2(COC2)C1. The Bertz CT molecular complexity index is 416. The van der Waals surface area contributed by atoms with Crippen molar-refractivity contribution >= 4 is 0 Å². The molecule has 1 aromatic carbocycles. The molecule has 18 heavy (non-hydrogen) atoms. The number of likely N-dealkylation sites (tertiary alicyclic amines) is 1. The Morgan fingerprint density at radius 2 is 2.00 bits per heavy atom. The quantitative estimate of drug-likeness (QED) is 0.881. The predicted molar refractivity (Wildman–Crippen MR) is 70.2 cm³/mol. The molecule has 1 spiro atoms. The van der Waals surface area contributed by atoms with Gasteiger partial charge in [-0.3, -0.25) is 4.90 Å². The Balaban J connectivity index is 1.78. The van der Waals surface area contributed by atoms with Gasteiger partial charge in [-0.15, -0.1) is 0 Å². The van der Waals surface area contributed by atoms with E-state index >= 15 is 0 Å². The summed E-state index contributed by atoms with van der Waals surface area (Å²) in [6, 6.07) is 10.6. The normalized spacial score (nSPS) is 30.6. The second-order valence-corrected chi connectivity index (χ2v) is 6.20. The Kier molecular flexibility index (Phi) is 2.93.